The molecule has 0 aliphatic heterocycles. The first-order valence-corrected chi connectivity index (χ1v) is 8.76. The number of methoxy groups -OCH3 is 2. The minimum absolute atomic E-state index is 0.0319. The Bertz CT molecular complexity index is 969. The minimum Gasteiger partial charge on any atom is -0.496 e. The number of ether oxygens (including phenoxy) is 2. The molecule has 5 nitrogen and oxygen atoms in total. The number of para-hydroxylation sites is 1. The van der Waals surface area contributed by atoms with E-state index in [9.17, 15) is 8.42 Å². The van der Waals surface area contributed by atoms with Crippen molar-refractivity contribution in [1.29, 1.82) is 0 Å². The SMILES string of the molecule is COc1cc(S(=O)(=O)Nc2ccccc2)c(OC)c2ccccc12. The molecule has 0 unspecified atom stereocenters. The van der Waals surface area contributed by atoms with Crippen molar-refractivity contribution in [2.45, 2.75) is 4.90 Å². The highest BCUT2D eigenvalue weighted by molar-refractivity contribution is 7.92. The van der Waals surface area contributed by atoms with Gasteiger partial charge in [0.05, 0.1) is 14.2 Å². The van der Waals surface area contributed by atoms with E-state index in [2.05, 4.69) is 4.72 Å². The molecular formula is C18H17NO4S. The molecule has 0 fully saturated rings. The second-order valence-corrected chi connectivity index (χ2v) is 6.78. The Hall–Kier alpha value is -2.73. The third-order valence-electron chi connectivity index (χ3n) is 3.66. The maximum atomic E-state index is 12.8. The van der Waals surface area contributed by atoms with E-state index in [4.69, 9.17) is 9.47 Å². The van der Waals surface area contributed by atoms with E-state index < -0.39 is 10.0 Å². The molecule has 0 bridgehead atoms. The van der Waals surface area contributed by atoms with Gasteiger partial charge >= 0.3 is 0 Å². The van der Waals surface area contributed by atoms with Crippen LogP contribution in [0.3, 0.4) is 0 Å². The van der Waals surface area contributed by atoms with Crippen LogP contribution in [0.4, 0.5) is 5.69 Å². The highest BCUT2D eigenvalue weighted by atomic mass is 32.2. The van der Waals surface area contributed by atoms with Crippen LogP contribution in [0.5, 0.6) is 11.5 Å². The number of hydrogen-bond donors (Lipinski definition) is 1. The number of fused-ring (bicyclic) bond motifs is 1. The summed E-state index contributed by atoms with van der Waals surface area (Å²) in [5, 5.41) is 1.46. The maximum Gasteiger partial charge on any atom is 0.265 e. The Labute approximate surface area is 140 Å². The average Bonchev–Trinajstić information content (AvgIpc) is 2.60. The summed E-state index contributed by atoms with van der Waals surface area (Å²) in [6, 6.07) is 17.5. The first-order valence-electron chi connectivity index (χ1n) is 7.28. The maximum absolute atomic E-state index is 12.8. The van der Waals surface area contributed by atoms with Crippen LogP contribution in [0.25, 0.3) is 10.8 Å². The Morgan fingerprint density at radius 2 is 1.46 bits per heavy atom. The number of benzene rings is 3. The summed E-state index contributed by atoms with van der Waals surface area (Å²) in [4.78, 5) is 0.0319. The number of anilines is 1. The van der Waals surface area contributed by atoms with Crippen LogP contribution in [0.15, 0.2) is 65.6 Å². The number of hydrogen-bond acceptors (Lipinski definition) is 4. The van der Waals surface area contributed by atoms with Crippen LogP contribution >= 0.6 is 0 Å². The van der Waals surface area contributed by atoms with Gasteiger partial charge in [0.1, 0.15) is 16.4 Å². The minimum atomic E-state index is -3.84. The highest BCUT2D eigenvalue weighted by Crippen LogP contribution is 2.39. The second kappa shape index (κ2) is 6.41. The van der Waals surface area contributed by atoms with E-state index in [0.29, 0.717) is 16.8 Å². The average molecular weight is 343 g/mol. The molecule has 3 aromatic rings. The Morgan fingerprint density at radius 3 is 2.08 bits per heavy atom. The second-order valence-electron chi connectivity index (χ2n) is 5.13. The summed E-state index contributed by atoms with van der Waals surface area (Å²) in [7, 11) is -0.872. The lowest BCUT2D eigenvalue weighted by molar-refractivity contribution is 0.400. The van der Waals surface area contributed by atoms with E-state index in [-0.39, 0.29) is 10.6 Å². The molecule has 0 spiro atoms. The normalized spacial score (nSPS) is 11.2. The summed E-state index contributed by atoms with van der Waals surface area (Å²) in [6.07, 6.45) is 0. The predicted molar refractivity (Wildman–Crippen MR) is 94.3 cm³/mol. The van der Waals surface area contributed by atoms with Gasteiger partial charge in [0.15, 0.2) is 0 Å². The molecule has 0 saturated heterocycles. The predicted octanol–water partition coefficient (Wildman–Crippen LogP) is 3.66. The molecule has 0 heterocycles. The van der Waals surface area contributed by atoms with Gasteiger partial charge in [0.2, 0.25) is 0 Å². The Morgan fingerprint density at radius 1 is 0.833 bits per heavy atom. The lowest BCUT2D eigenvalue weighted by atomic mass is 10.1. The summed E-state index contributed by atoms with van der Waals surface area (Å²) in [5.74, 6) is 0.759. The van der Waals surface area contributed by atoms with Crippen LogP contribution in [0.1, 0.15) is 0 Å². The zero-order valence-electron chi connectivity index (χ0n) is 13.3. The monoisotopic (exact) mass is 343 g/mol. The molecule has 0 aliphatic carbocycles. The van der Waals surface area contributed by atoms with Crippen molar-refractivity contribution in [2.75, 3.05) is 18.9 Å². The van der Waals surface area contributed by atoms with Gasteiger partial charge < -0.3 is 9.47 Å². The molecule has 0 saturated carbocycles. The fourth-order valence-corrected chi connectivity index (χ4v) is 3.84. The van der Waals surface area contributed by atoms with E-state index in [1.54, 1.807) is 30.3 Å². The van der Waals surface area contributed by atoms with Gasteiger partial charge in [-0.1, -0.05) is 42.5 Å². The van der Waals surface area contributed by atoms with Crippen LogP contribution in [-0.4, -0.2) is 22.6 Å². The van der Waals surface area contributed by atoms with Crippen LogP contribution < -0.4 is 14.2 Å². The van der Waals surface area contributed by atoms with Crippen molar-refractivity contribution in [2.24, 2.45) is 0 Å². The summed E-state index contributed by atoms with van der Waals surface area (Å²) >= 11 is 0. The molecule has 3 aromatic carbocycles. The first-order chi connectivity index (χ1) is 11.6. The standard InChI is InChI=1S/C18H17NO4S/c1-22-16-12-17(18(23-2)15-11-7-6-10-14(15)16)24(20,21)19-13-8-4-3-5-9-13/h3-12,19H,1-2H3. The fourth-order valence-electron chi connectivity index (χ4n) is 2.59. The smallest absolute Gasteiger partial charge is 0.265 e. The van der Waals surface area contributed by atoms with Crippen LogP contribution in [0, 0.1) is 0 Å². The molecule has 0 aromatic heterocycles. The summed E-state index contributed by atoms with van der Waals surface area (Å²) in [6.45, 7) is 0. The molecule has 24 heavy (non-hydrogen) atoms. The molecule has 3 rings (SSSR count). The molecule has 0 amide bonds. The van der Waals surface area contributed by atoms with Gasteiger partial charge in [-0.3, -0.25) is 4.72 Å². The highest BCUT2D eigenvalue weighted by Gasteiger charge is 2.24. The molecule has 1 N–H and O–H groups in total. The lowest BCUT2D eigenvalue weighted by Crippen LogP contribution is -2.14. The molecule has 0 aliphatic rings. The third kappa shape index (κ3) is 2.88. The van der Waals surface area contributed by atoms with Crippen molar-refractivity contribution >= 4 is 26.5 Å². The van der Waals surface area contributed by atoms with Gasteiger partial charge in [-0.15, -0.1) is 0 Å². The van der Waals surface area contributed by atoms with Crippen molar-refractivity contribution < 1.29 is 17.9 Å². The van der Waals surface area contributed by atoms with Gasteiger partial charge in [0, 0.05) is 22.5 Å². The first kappa shape index (κ1) is 16.1. The van der Waals surface area contributed by atoms with Crippen molar-refractivity contribution in [1.82, 2.24) is 0 Å². The molecule has 0 radical (unpaired) electrons. The number of rotatable bonds is 5. The van der Waals surface area contributed by atoms with E-state index in [0.717, 1.165) is 5.39 Å². The van der Waals surface area contributed by atoms with E-state index in [1.165, 1.54) is 20.3 Å². The van der Waals surface area contributed by atoms with Gasteiger partial charge in [-0.05, 0) is 12.1 Å². The van der Waals surface area contributed by atoms with Crippen molar-refractivity contribution in [3.63, 3.8) is 0 Å². The van der Waals surface area contributed by atoms with Crippen molar-refractivity contribution in [3.05, 3.63) is 60.7 Å². The zero-order chi connectivity index (χ0) is 17.2. The topological polar surface area (TPSA) is 64.6 Å². The van der Waals surface area contributed by atoms with E-state index >= 15 is 0 Å². The Balaban J connectivity index is 2.21. The molecule has 124 valence electrons. The number of sulfonamides is 1. The zero-order valence-corrected chi connectivity index (χ0v) is 14.1. The quantitative estimate of drug-likeness (QED) is 0.768. The summed E-state index contributed by atoms with van der Waals surface area (Å²) < 4.78 is 39.0. The molecule has 6 heteroatoms. The van der Waals surface area contributed by atoms with Crippen LogP contribution in [-0.2, 0) is 10.0 Å². The van der Waals surface area contributed by atoms with Gasteiger partial charge in [-0.25, -0.2) is 8.42 Å². The van der Waals surface area contributed by atoms with Gasteiger partial charge in [0.25, 0.3) is 10.0 Å². The van der Waals surface area contributed by atoms with Gasteiger partial charge in [-0.2, -0.15) is 0 Å². The fraction of sp³-hybridized carbons (Fsp3) is 0.111. The molecule has 0 atom stereocenters. The summed E-state index contributed by atoms with van der Waals surface area (Å²) in [5.41, 5.74) is 0.478. The lowest BCUT2D eigenvalue weighted by Gasteiger charge is -2.16. The third-order valence-corrected chi connectivity index (χ3v) is 5.05. The Kier molecular flexibility index (Phi) is 4.31. The largest absolute Gasteiger partial charge is 0.496 e. The van der Waals surface area contributed by atoms with Crippen LogP contribution in [0.2, 0.25) is 0 Å². The van der Waals surface area contributed by atoms with Crippen molar-refractivity contribution in [3.8, 4) is 11.5 Å². The molecular weight excluding hydrogens is 326 g/mol. The number of nitrogens with one attached hydrogen (secondary N) is 1. The van der Waals surface area contributed by atoms with E-state index in [1.807, 2.05) is 24.3 Å².